The summed E-state index contributed by atoms with van der Waals surface area (Å²) in [6.07, 6.45) is 14.0. The Morgan fingerprint density at radius 1 is 0.824 bits per heavy atom. The Bertz CT molecular complexity index is 166. The second kappa shape index (κ2) is 9.90. The fourth-order valence-electron chi connectivity index (χ4n) is 2.55. The largest absolute Gasteiger partial charge is 0.390 e. The molecular formula is C15H31NO. The van der Waals surface area contributed by atoms with E-state index in [1.807, 2.05) is 0 Å². The Labute approximate surface area is 107 Å². The number of β-amino-alcohol motifs (C(OH)–C–C–N with tert-alkyl or cyclic N) is 1. The summed E-state index contributed by atoms with van der Waals surface area (Å²) >= 11 is 0. The van der Waals surface area contributed by atoms with Crippen molar-refractivity contribution in [2.24, 2.45) is 0 Å². The fourth-order valence-corrected chi connectivity index (χ4v) is 2.55. The maximum atomic E-state index is 9.14. The molecule has 1 aliphatic rings. The number of aliphatic hydroxyl groups excluding tert-OH is 1. The highest BCUT2D eigenvalue weighted by Gasteiger charge is 2.22. The van der Waals surface area contributed by atoms with E-state index in [1.54, 1.807) is 0 Å². The van der Waals surface area contributed by atoms with Crippen molar-refractivity contribution in [1.29, 1.82) is 0 Å². The highest BCUT2D eigenvalue weighted by molar-refractivity contribution is 4.77. The molecule has 0 saturated carbocycles. The number of aliphatic hydroxyl groups is 1. The van der Waals surface area contributed by atoms with Crippen molar-refractivity contribution in [2.75, 3.05) is 19.6 Å². The Kier molecular flexibility index (Phi) is 8.72. The van der Waals surface area contributed by atoms with Gasteiger partial charge in [0.15, 0.2) is 0 Å². The van der Waals surface area contributed by atoms with Crippen molar-refractivity contribution < 1.29 is 5.11 Å². The Morgan fingerprint density at radius 3 is 1.76 bits per heavy atom. The summed E-state index contributed by atoms with van der Waals surface area (Å²) in [4.78, 5) is 2.36. The number of rotatable bonds is 11. The van der Waals surface area contributed by atoms with Gasteiger partial charge in [-0.15, -0.1) is 0 Å². The van der Waals surface area contributed by atoms with Crippen molar-refractivity contribution in [3.63, 3.8) is 0 Å². The van der Waals surface area contributed by atoms with E-state index in [0.29, 0.717) is 0 Å². The van der Waals surface area contributed by atoms with Crippen LogP contribution in [-0.4, -0.2) is 35.7 Å². The summed E-state index contributed by atoms with van der Waals surface area (Å²) < 4.78 is 0. The first kappa shape index (κ1) is 15.0. The lowest BCUT2D eigenvalue weighted by molar-refractivity contribution is 0.00147. The molecule has 1 aliphatic heterocycles. The van der Waals surface area contributed by atoms with E-state index in [9.17, 15) is 0 Å². The van der Waals surface area contributed by atoms with E-state index in [0.717, 1.165) is 13.1 Å². The molecule has 102 valence electrons. The van der Waals surface area contributed by atoms with Gasteiger partial charge in [0, 0.05) is 13.1 Å². The van der Waals surface area contributed by atoms with Crippen LogP contribution in [0.4, 0.5) is 0 Å². The van der Waals surface area contributed by atoms with Gasteiger partial charge in [-0.25, -0.2) is 0 Å². The summed E-state index contributed by atoms with van der Waals surface area (Å²) in [5.74, 6) is 0. The van der Waals surface area contributed by atoms with Gasteiger partial charge >= 0.3 is 0 Å². The summed E-state index contributed by atoms with van der Waals surface area (Å²) in [5, 5.41) is 9.14. The Morgan fingerprint density at radius 2 is 1.29 bits per heavy atom. The van der Waals surface area contributed by atoms with E-state index in [1.165, 1.54) is 70.8 Å². The molecular weight excluding hydrogens is 210 g/mol. The topological polar surface area (TPSA) is 23.5 Å². The summed E-state index contributed by atoms with van der Waals surface area (Å²) in [5.41, 5.74) is 0. The van der Waals surface area contributed by atoms with E-state index in [2.05, 4.69) is 11.8 Å². The minimum Gasteiger partial charge on any atom is -0.390 e. The fraction of sp³-hybridized carbons (Fsp3) is 1.00. The molecule has 1 fully saturated rings. The monoisotopic (exact) mass is 241 g/mol. The molecule has 0 amide bonds. The molecule has 1 heterocycles. The van der Waals surface area contributed by atoms with Crippen LogP contribution in [0.1, 0.15) is 71.1 Å². The maximum absolute atomic E-state index is 9.14. The van der Waals surface area contributed by atoms with Gasteiger partial charge in [0.05, 0.1) is 6.10 Å². The van der Waals surface area contributed by atoms with Crippen LogP contribution < -0.4 is 0 Å². The third kappa shape index (κ3) is 7.77. The van der Waals surface area contributed by atoms with E-state index in [4.69, 9.17) is 5.11 Å². The lowest BCUT2D eigenvalue weighted by Crippen LogP contribution is -2.50. The molecule has 1 N–H and O–H groups in total. The standard InChI is InChI=1S/C15H31NO/c1-2-3-4-5-6-7-8-9-10-11-12-16-13-15(17)14-16/h15,17H,2-14H2,1H3. The number of hydrogen-bond acceptors (Lipinski definition) is 2. The van der Waals surface area contributed by atoms with Gasteiger partial charge in [0.2, 0.25) is 0 Å². The Hall–Kier alpha value is -0.0800. The van der Waals surface area contributed by atoms with Crippen molar-refractivity contribution in [1.82, 2.24) is 4.90 Å². The normalized spacial score (nSPS) is 17.3. The number of nitrogens with zero attached hydrogens (tertiary/aromatic N) is 1. The molecule has 0 aromatic heterocycles. The molecule has 2 heteroatoms. The van der Waals surface area contributed by atoms with Gasteiger partial charge in [-0.1, -0.05) is 64.7 Å². The lowest BCUT2D eigenvalue weighted by atomic mass is 10.1. The highest BCUT2D eigenvalue weighted by atomic mass is 16.3. The molecule has 0 radical (unpaired) electrons. The Balaban J connectivity index is 1.67. The maximum Gasteiger partial charge on any atom is 0.0793 e. The van der Waals surface area contributed by atoms with Crippen LogP contribution in [0.15, 0.2) is 0 Å². The molecule has 1 saturated heterocycles. The number of hydrogen-bond donors (Lipinski definition) is 1. The molecule has 1 rings (SSSR count). The summed E-state index contributed by atoms with van der Waals surface area (Å²) in [6.45, 7) is 5.31. The minimum atomic E-state index is -0.0295. The second-order valence-corrected chi connectivity index (χ2v) is 5.60. The van der Waals surface area contributed by atoms with Gasteiger partial charge in [-0.3, -0.25) is 4.90 Å². The minimum absolute atomic E-state index is 0.0295. The molecule has 17 heavy (non-hydrogen) atoms. The molecule has 0 aliphatic carbocycles. The van der Waals surface area contributed by atoms with Crippen LogP contribution in [0.5, 0.6) is 0 Å². The van der Waals surface area contributed by atoms with Crippen LogP contribution >= 0.6 is 0 Å². The van der Waals surface area contributed by atoms with Crippen molar-refractivity contribution in [3.8, 4) is 0 Å². The first-order chi connectivity index (χ1) is 8.33. The SMILES string of the molecule is CCCCCCCCCCCCN1CC(O)C1. The number of likely N-dealkylation sites (tertiary alicyclic amines) is 1. The molecule has 0 aromatic rings. The van der Waals surface area contributed by atoms with Crippen LogP contribution in [0, 0.1) is 0 Å². The first-order valence-corrected chi connectivity index (χ1v) is 7.73. The van der Waals surface area contributed by atoms with Crippen LogP contribution in [0.25, 0.3) is 0 Å². The molecule has 0 aromatic carbocycles. The van der Waals surface area contributed by atoms with E-state index < -0.39 is 0 Å². The van der Waals surface area contributed by atoms with E-state index >= 15 is 0 Å². The lowest BCUT2D eigenvalue weighted by Gasteiger charge is -2.35. The molecule has 0 bridgehead atoms. The van der Waals surface area contributed by atoms with Crippen LogP contribution in [0.2, 0.25) is 0 Å². The zero-order valence-electron chi connectivity index (χ0n) is 11.7. The van der Waals surface area contributed by atoms with Gasteiger partial charge < -0.3 is 5.11 Å². The highest BCUT2D eigenvalue weighted by Crippen LogP contribution is 2.12. The molecule has 2 nitrogen and oxygen atoms in total. The van der Waals surface area contributed by atoms with Gasteiger partial charge in [-0.2, -0.15) is 0 Å². The van der Waals surface area contributed by atoms with Crippen molar-refractivity contribution >= 4 is 0 Å². The smallest absolute Gasteiger partial charge is 0.0793 e. The average Bonchev–Trinajstić information content (AvgIpc) is 2.29. The quantitative estimate of drug-likeness (QED) is 0.559. The predicted molar refractivity (Wildman–Crippen MR) is 74.3 cm³/mol. The average molecular weight is 241 g/mol. The zero-order valence-corrected chi connectivity index (χ0v) is 11.7. The third-order valence-electron chi connectivity index (χ3n) is 3.77. The molecule has 0 spiro atoms. The summed E-state index contributed by atoms with van der Waals surface area (Å²) in [7, 11) is 0. The van der Waals surface area contributed by atoms with Gasteiger partial charge in [-0.05, 0) is 13.0 Å². The number of unbranched alkanes of at least 4 members (excludes halogenated alkanes) is 9. The zero-order chi connectivity index (χ0) is 12.3. The van der Waals surface area contributed by atoms with Gasteiger partial charge in [0.1, 0.15) is 0 Å². The van der Waals surface area contributed by atoms with E-state index in [-0.39, 0.29) is 6.10 Å². The van der Waals surface area contributed by atoms with Gasteiger partial charge in [0.25, 0.3) is 0 Å². The van der Waals surface area contributed by atoms with Crippen LogP contribution in [0.3, 0.4) is 0 Å². The molecule has 0 atom stereocenters. The molecule has 0 unspecified atom stereocenters. The predicted octanol–water partition coefficient (Wildman–Crippen LogP) is 3.58. The van der Waals surface area contributed by atoms with Crippen LogP contribution in [-0.2, 0) is 0 Å². The summed E-state index contributed by atoms with van der Waals surface area (Å²) in [6, 6.07) is 0. The first-order valence-electron chi connectivity index (χ1n) is 7.73. The van der Waals surface area contributed by atoms with Crippen molar-refractivity contribution in [2.45, 2.75) is 77.2 Å². The third-order valence-corrected chi connectivity index (χ3v) is 3.77. The second-order valence-electron chi connectivity index (χ2n) is 5.60. The van der Waals surface area contributed by atoms with Crippen molar-refractivity contribution in [3.05, 3.63) is 0 Å².